The molecule has 7 heteroatoms. The van der Waals surface area contributed by atoms with Gasteiger partial charge >= 0.3 is 0 Å². The van der Waals surface area contributed by atoms with Crippen molar-refractivity contribution < 1.29 is 5.11 Å². The fraction of sp³-hybridized carbons (Fsp3) is 0.107. The van der Waals surface area contributed by atoms with Crippen molar-refractivity contribution >= 4 is 57.4 Å². The summed E-state index contributed by atoms with van der Waals surface area (Å²) >= 11 is 20.4. The fourth-order valence-electron chi connectivity index (χ4n) is 3.45. The maximum atomic E-state index is 9.75. The van der Waals surface area contributed by atoms with Crippen LogP contribution in [0.15, 0.2) is 101 Å². The molecule has 0 amide bonds. The molecule has 0 saturated heterocycles. The monoisotopic (exact) mass is 540 g/mol. The normalized spacial score (nSPS) is 11.5. The molecule has 0 fully saturated rings. The van der Waals surface area contributed by atoms with Crippen LogP contribution in [-0.2, 0) is 13.1 Å². The summed E-state index contributed by atoms with van der Waals surface area (Å²) in [6.45, 7) is 3.21. The van der Waals surface area contributed by atoms with Crippen molar-refractivity contribution in [3.05, 3.63) is 123 Å². The molecule has 4 aromatic rings. The molecule has 0 aliphatic rings. The van der Waals surface area contributed by atoms with E-state index in [1.54, 1.807) is 42.1 Å². The number of nitrogens with zero attached hydrogens (tertiary/aromatic N) is 2. The minimum Gasteiger partial charge on any atom is -0.508 e. The van der Waals surface area contributed by atoms with E-state index < -0.39 is 0 Å². The SMILES string of the molecule is Cc1ccc(SC(=Nc2cc(Cl)cc(Cl)c2)N(Cc2ccc(O)cc2)Cc2cccc(Cl)c2)cc1. The minimum absolute atomic E-state index is 0.228. The van der Waals surface area contributed by atoms with E-state index in [1.807, 2.05) is 36.4 Å². The minimum atomic E-state index is 0.228. The number of aryl methyl sites for hydroxylation is 1. The van der Waals surface area contributed by atoms with E-state index in [0.29, 0.717) is 33.8 Å². The zero-order valence-electron chi connectivity index (χ0n) is 19.0. The Morgan fingerprint density at radius 3 is 2.09 bits per heavy atom. The third-order valence-electron chi connectivity index (χ3n) is 5.14. The number of benzene rings is 4. The molecule has 0 atom stereocenters. The van der Waals surface area contributed by atoms with Crippen molar-refractivity contribution in [2.24, 2.45) is 4.99 Å². The lowest BCUT2D eigenvalue weighted by Gasteiger charge is -2.26. The van der Waals surface area contributed by atoms with Gasteiger partial charge in [-0.05, 0) is 72.6 Å². The van der Waals surface area contributed by atoms with Gasteiger partial charge in [0.25, 0.3) is 0 Å². The summed E-state index contributed by atoms with van der Waals surface area (Å²) in [7, 11) is 0. The Balaban J connectivity index is 1.77. The molecule has 0 saturated carbocycles. The Morgan fingerprint density at radius 2 is 1.43 bits per heavy atom. The van der Waals surface area contributed by atoms with Crippen LogP contribution >= 0.6 is 46.6 Å². The Kier molecular flexibility index (Phi) is 8.64. The predicted octanol–water partition coefficient (Wildman–Crippen LogP) is 9.14. The van der Waals surface area contributed by atoms with Crippen LogP contribution in [0.5, 0.6) is 5.75 Å². The Morgan fingerprint density at radius 1 is 0.771 bits per heavy atom. The van der Waals surface area contributed by atoms with Gasteiger partial charge in [-0.25, -0.2) is 4.99 Å². The standard InChI is InChI=1S/C28H23Cl3N2OS/c1-19-5-11-27(12-6-19)35-28(32-25-15-23(30)14-24(31)16-25)33(17-20-7-9-26(34)10-8-20)18-21-3-2-4-22(29)13-21/h2-16,34H,17-18H2,1H3. The molecule has 4 aromatic carbocycles. The number of aromatic hydroxyl groups is 1. The molecular formula is C28H23Cl3N2OS. The van der Waals surface area contributed by atoms with Crippen LogP contribution in [0.25, 0.3) is 0 Å². The topological polar surface area (TPSA) is 35.8 Å². The van der Waals surface area contributed by atoms with E-state index in [2.05, 4.69) is 36.1 Å². The zero-order chi connectivity index (χ0) is 24.8. The number of thioether (sulfide) groups is 1. The number of halogens is 3. The Hall–Kier alpha value is -2.63. The first-order chi connectivity index (χ1) is 16.8. The first-order valence-electron chi connectivity index (χ1n) is 10.9. The molecule has 178 valence electrons. The number of hydrogen-bond donors (Lipinski definition) is 1. The van der Waals surface area contributed by atoms with Crippen molar-refractivity contribution in [2.45, 2.75) is 24.9 Å². The zero-order valence-corrected chi connectivity index (χ0v) is 22.0. The Labute approximate surface area is 225 Å². The van der Waals surface area contributed by atoms with E-state index >= 15 is 0 Å². The molecule has 4 rings (SSSR count). The molecule has 0 heterocycles. The van der Waals surface area contributed by atoms with E-state index in [1.165, 1.54) is 5.56 Å². The number of hydrogen-bond acceptors (Lipinski definition) is 3. The molecule has 1 N–H and O–H groups in total. The number of phenols is 1. The van der Waals surface area contributed by atoms with Crippen molar-refractivity contribution in [3.63, 3.8) is 0 Å². The fourth-order valence-corrected chi connectivity index (χ4v) is 5.07. The summed E-state index contributed by atoms with van der Waals surface area (Å²) in [4.78, 5) is 8.22. The van der Waals surface area contributed by atoms with E-state index in [9.17, 15) is 5.11 Å². The quantitative estimate of drug-likeness (QED) is 0.150. The first-order valence-corrected chi connectivity index (χ1v) is 12.9. The van der Waals surface area contributed by atoms with Crippen LogP contribution in [0.4, 0.5) is 5.69 Å². The second kappa shape index (κ2) is 11.9. The van der Waals surface area contributed by atoms with Crippen molar-refractivity contribution in [2.75, 3.05) is 0 Å². The number of amidine groups is 1. The maximum Gasteiger partial charge on any atom is 0.169 e. The highest BCUT2D eigenvalue weighted by molar-refractivity contribution is 8.13. The molecule has 0 spiro atoms. The van der Waals surface area contributed by atoms with Crippen LogP contribution in [0.1, 0.15) is 16.7 Å². The van der Waals surface area contributed by atoms with Crippen LogP contribution in [0.2, 0.25) is 15.1 Å². The lowest BCUT2D eigenvalue weighted by Crippen LogP contribution is -2.28. The molecule has 0 aliphatic carbocycles. The van der Waals surface area contributed by atoms with Gasteiger partial charge in [0, 0.05) is 33.1 Å². The molecule has 0 aliphatic heterocycles. The molecule has 0 aromatic heterocycles. The second-order valence-electron chi connectivity index (χ2n) is 8.09. The van der Waals surface area contributed by atoms with E-state index in [-0.39, 0.29) is 5.75 Å². The van der Waals surface area contributed by atoms with Crippen LogP contribution in [0, 0.1) is 6.92 Å². The molecule has 0 radical (unpaired) electrons. The average molecular weight is 542 g/mol. The molecule has 35 heavy (non-hydrogen) atoms. The van der Waals surface area contributed by atoms with Gasteiger partial charge in [-0.15, -0.1) is 0 Å². The molecule has 0 unspecified atom stereocenters. The number of phenolic OH excluding ortho intramolecular Hbond substituents is 1. The van der Waals surface area contributed by atoms with Crippen molar-refractivity contribution in [3.8, 4) is 5.75 Å². The van der Waals surface area contributed by atoms with E-state index in [0.717, 1.165) is 21.2 Å². The van der Waals surface area contributed by atoms with Gasteiger partial charge in [0.2, 0.25) is 0 Å². The lowest BCUT2D eigenvalue weighted by molar-refractivity contribution is 0.414. The maximum absolute atomic E-state index is 9.75. The van der Waals surface area contributed by atoms with Gasteiger partial charge in [0.05, 0.1) is 5.69 Å². The van der Waals surface area contributed by atoms with Gasteiger partial charge < -0.3 is 10.0 Å². The van der Waals surface area contributed by atoms with Gasteiger partial charge in [-0.1, -0.05) is 88.5 Å². The van der Waals surface area contributed by atoms with Gasteiger partial charge in [-0.3, -0.25) is 0 Å². The van der Waals surface area contributed by atoms with Crippen molar-refractivity contribution in [1.29, 1.82) is 0 Å². The van der Waals surface area contributed by atoms with Crippen LogP contribution in [-0.4, -0.2) is 15.2 Å². The summed E-state index contributed by atoms with van der Waals surface area (Å²) in [5.41, 5.74) is 3.94. The van der Waals surface area contributed by atoms with Gasteiger partial charge in [0.1, 0.15) is 5.75 Å². The van der Waals surface area contributed by atoms with Crippen LogP contribution < -0.4 is 0 Å². The second-order valence-corrected chi connectivity index (χ2v) is 10.4. The van der Waals surface area contributed by atoms with Crippen LogP contribution in [0.3, 0.4) is 0 Å². The van der Waals surface area contributed by atoms with Gasteiger partial charge in [0.15, 0.2) is 5.17 Å². The van der Waals surface area contributed by atoms with Crippen molar-refractivity contribution in [1.82, 2.24) is 4.90 Å². The molecular weight excluding hydrogens is 519 g/mol. The van der Waals surface area contributed by atoms with Gasteiger partial charge in [-0.2, -0.15) is 0 Å². The largest absolute Gasteiger partial charge is 0.508 e. The summed E-state index contributed by atoms with van der Waals surface area (Å²) in [6, 6.07) is 28.6. The van der Waals surface area contributed by atoms with E-state index in [4.69, 9.17) is 39.8 Å². The summed E-state index contributed by atoms with van der Waals surface area (Å²) in [5, 5.41) is 12.3. The molecule has 0 bridgehead atoms. The first kappa shape index (κ1) is 25.5. The summed E-state index contributed by atoms with van der Waals surface area (Å²) in [5.74, 6) is 0.228. The molecule has 3 nitrogen and oxygen atoms in total. The predicted molar refractivity (Wildman–Crippen MR) is 149 cm³/mol. The summed E-state index contributed by atoms with van der Waals surface area (Å²) < 4.78 is 0. The smallest absolute Gasteiger partial charge is 0.169 e. The number of aliphatic imine (C=N–C) groups is 1. The average Bonchev–Trinajstić information content (AvgIpc) is 2.80. The highest BCUT2D eigenvalue weighted by Gasteiger charge is 2.16. The highest BCUT2D eigenvalue weighted by atomic mass is 35.5. The Bertz CT molecular complexity index is 1300. The third-order valence-corrected chi connectivity index (χ3v) is 6.86. The lowest BCUT2D eigenvalue weighted by atomic mass is 10.1. The highest BCUT2D eigenvalue weighted by Crippen LogP contribution is 2.30. The number of rotatable bonds is 6. The third kappa shape index (κ3) is 7.68. The summed E-state index contributed by atoms with van der Waals surface area (Å²) in [6.07, 6.45) is 0.